The first kappa shape index (κ1) is 84.6. The predicted octanol–water partition coefficient (Wildman–Crippen LogP) is 35.3. The Morgan fingerprint density at radius 3 is 0.897 bits per heavy atom. The molecule has 0 atom stereocenters. The molecule has 0 aliphatic heterocycles. The molecule has 0 fully saturated rings. The van der Waals surface area contributed by atoms with Gasteiger partial charge in [0.25, 0.3) is 0 Å². The summed E-state index contributed by atoms with van der Waals surface area (Å²) in [4.78, 5) is 35.7. The van der Waals surface area contributed by atoms with Gasteiger partial charge in [0.2, 0.25) is 0 Å². The Morgan fingerprint density at radius 1 is 0.164 bits per heavy atom. The highest BCUT2D eigenvalue weighted by molar-refractivity contribution is 7.24. The Kier molecular flexibility index (Phi) is 20.5. The molecule has 0 N–H and O–H groups in total. The summed E-state index contributed by atoms with van der Waals surface area (Å²) in [6, 6.07) is 174. The van der Waals surface area contributed by atoms with E-state index in [0.29, 0.717) is 23.3 Å². The summed E-state index contributed by atoms with van der Waals surface area (Å²) in [6.45, 7) is 0. The fourth-order valence-corrected chi connectivity index (χ4v) is 22.8. The number of benzene rings is 21. The Balaban J connectivity index is 0.000000106. The van der Waals surface area contributed by atoms with Crippen LogP contribution in [0.5, 0.6) is 0 Å². The van der Waals surface area contributed by atoms with Crippen molar-refractivity contribution >= 4 is 179 Å². The Hall–Kier alpha value is -19.5. The summed E-state index contributed by atoms with van der Waals surface area (Å²) < 4.78 is 23.5. The van der Waals surface area contributed by atoms with Crippen molar-refractivity contribution < 1.29 is 8.83 Å². The van der Waals surface area contributed by atoms with Crippen LogP contribution < -0.4 is 0 Å². The maximum atomic E-state index is 7.00. The van der Waals surface area contributed by atoms with Crippen molar-refractivity contribution in [2.24, 2.45) is 0 Å². The molecule has 30 rings (SSSR count). The van der Waals surface area contributed by atoms with E-state index in [1.165, 1.54) is 92.1 Å². The number of fused-ring (bicyclic) bond motifs is 23. The van der Waals surface area contributed by atoms with Crippen LogP contribution in [-0.2, 0) is 0 Å². The number of hydrogen-bond acceptors (Lipinski definition) is 10. The average Bonchev–Trinajstić information content (AvgIpc) is 1.56. The lowest BCUT2D eigenvalue weighted by Gasteiger charge is -2.12. The number of aromatic nitrogens is 10. The lowest BCUT2D eigenvalue weighted by Crippen LogP contribution is -2.00. The molecule has 30 aromatic rings. The number of hydrogen-bond donors (Lipinski definition) is 0. The average molecular weight is 1880 g/mol. The van der Waals surface area contributed by atoms with Crippen LogP contribution in [0.15, 0.2) is 506 Å². The van der Waals surface area contributed by atoms with Crippen molar-refractivity contribution in [3.8, 4) is 113 Å². The molecule has 682 valence electrons. The van der Waals surface area contributed by atoms with E-state index in [-0.39, 0.29) is 0 Å². The number of rotatable bonds is 10. The predicted molar refractivity (Wildman–Crippen MR) is 605 cm³/mol. The highest BCUT2D eigenvalue weighted by atomic mass is 32.1. The van der Waals surface area contributed by atoms with Crippen molar-refractivity contribution in [1.29, 1.82) is 0 Å². The summed E-state index contributed by atoms with van der Waals surface area (Å²) >= 11 is 1.80. The van der Waals surface area contributed by atoms with Crippen molar-refractivity contribution in [1.82, 2.24) is 48.1 Å². The molecule has 0 radical (unpaired) electrons. The van der Waals surface area contributed by atoms with Crippen LogP contribution in [0, 0.1) is 0 Å². The highest BCUT2D eigenvalue weighted by Crippen LogP contribution is 2.47. The van der Waals surface area contributed by atoms with Gasteiger partial charge in [0, 0.05) is 119 Å². The number of para-hydroxylation sites is 15. The fourth-order valence-electron chi connectivity index (χ4n) is 21.6. The van der Waals surface area contributed by atoms with E-state index >= 15 is 0 Å². The monoisotopic (exact) mass is 1880 g/mol. The zero-order valence-electron chi connectivity index (χ0n) is 78.5. The third kappa shape index (κ3) is 14.5. The van der Waals surface area contributed by atoms with E-state index in [4.69, 9.17) is 43.7 Å². The SMILES string of the molecule is c1ccc(-c2ccc(-c3nc(-c4cccc5c4oc4ccccc4n4c6ccccc6c6cccc5c64)nc4ccccc34)cc2)cc1.c1ccc(-c2ccc(-c3nc(-c4cccc5c4sc4ccccc4n4c6ccccc6c6cccc5c64)nc4ccccc34)cc2)cc1.c1ccc(-c2nc(-c3ccccc3)nc(-c3ccc(-c4cccc5c4oc4ccccc4n4c6ccccc6c6cccc5c64)cc3)n2)cc1. The van der Waals surface area contributed by atoms with Gasteiger partial charge >= 0.3 is 0 Å². The van der Waals surface area contributed by atoms with Crippen LogP contribution in [0.25, 0.3) is 281 Å². The largest absolute Gasteiger partial charge is 0.454 e. The van der Waals surface area contributed by atoms with Gasteiger partial charge in [-0.15, -0.1) is 11.3 Å². The molecule has 0 amide bonds. The Bertz CT molecular complexity index is 10100. The molecular weight excluding hydrogens is 1800 g/mol. The van der Waals surface area contributed by atoms with Crippen LogP contribution in [0.3, 0.4) is 0 Å². The summed E-state index contributed by atoms with van der Waals surface area (Å²) in [6.07, 6.45) is 0. The van der Waals surface area contributed by atoms with Crippen LogP contribution >= 0.6 is 11.3 Å². The minimum Gasteiger partial charge on any atom is -0.454 e. The van der Waals surface area contributed by atoms with Gasteiger partial charge in [-0.2, -0.15) is 0 Å². The van der Waals surface area contributed by atoms with E-state index in [0.717, 1.165) is 165 Å². The normalized spacial score (nSPS) is 11.7. The summed E-state index contributed by atoms with van der Waals surface area (Å²) in [7, 11) is 0. The van der Waals surface area contributed by atoms with Gasteiger partial charge in [-0.25, -0.2) is 34.9 Å². The zero-order valence-corrected chi connectivity index (χ0v) is 79.4. The van der Waals surface area contributed by atoms with Gasteiger partial charge in [0.05, 0.1) is 82.3 Å². The van der Waals surface area contributed by atoms with Crippen LogP contribution in [0.4, 0.5) is 0 Å². The van der Waals surface area contributed by atoms with Gasteiger partial charge in [-0.05, 0) is 107 Å². The van der Waals surface area contributed by atoms with E-state index in [2.05, 4.69) is 414 Å². The molecular formula is C133H82N10O2S. The standard InChI is InChI=1S/C45H28N4O.C44H27N3O.C44H27N3S/c1-3-13-30(14-4-1)43-46-44(31-15-5-2-6-16-31)48-45(47-43)32-27-25-29(26-28-32)33-18-11-21-37-36-20-12-19-35-34-17-7-8-22-38(34)49(41(35)36)39-23-9-10-24-40(39)50-42(33)37;2*1-2-12-28(13-3-1)29-24-26-30(27-25-29)41-35-15-4-6-20-37(35)45-44(46-41)36-19-11-18-34-33-17-10-16-32-31-14-5-7-21-38(31)47(42(32)33)39-22-8-9-23-40(39)48-43(34)36/h1-28H;2*1-27H. The topological polar surface area (TPSA) is 130 Å². The first-order chi connectivity index (χ1) is 72.4. The maximum absolute atomic E-state index is 7.00. The molecule has 0 bridgehead atoms. The lowest BCUT2D eigenvalue weighted by molar-refractivity contribution is 0.661. The van der Waals surface area contributed by atoms with Gasteiger partial charge < -0.3 is 22.0 Å². The molecule has 146 heavy (non-hydrogen) atoms. The van der Waals surface area contributed by atoms with Crippen molar-refractivity contribution in [2.45, 2.75) is 0 Å². The second-order valence-electron chi connectivity index (χ2n) is 36.7. The minimum atomic E-state index is 0.623. The third-order valence-corrected chi connectivity index (χ3v) is 29.5. The molecule has 0 aliphatic carbocycles. The van der Waals surface area contributed by atoms with E-state index in [9.17, 15) is 0 Å². The maximum Gasteiger partial charge on any atom is 0.164 e. The Morgan fingerprint density at radius 2 is 0.445 bits per heavy atom. The van der Waals surface area contributed by atoms with Gasteiger partial charge in [0.1, 0.15) is 11.2 Å². The molecule has 0 saturated carbocycles. The van der Waals surface area contributed by atoms with Crippen LogP contribution in [0.1, 0.15) is 0 Å². The lowest BCUT2D eigenvalue weighted by atomic mass is 9.99. The molecule has 9 heterocycles. The zero-order chi connectivity index (χ0) is 96.2. The van der Waals surface area contributed by atoms with Gasteiger partial charge in [-0.1, -0.05) is 419 Å². The van der Waals surface area contributed by atoms with Crippen LogP contribution in [-0.4, -0.2) is 48.1 Å². The Labute approximate surface area is 840 Å². The highest BCUT2D eigenvalue weighted by Gasteiger charge is 2.25. The molecule has 13 heteroatoms. The van der Waals surface area contributed by atoms with Crippen molar-refractivity contribution in [2.75, 3.05) is 0 Å². The van der Waals surface area contributed by atoms with Crippen LogP contribution in [0.2, 0.25) is 0 Å². The molecule has 0 spiro atoms. The van der Waals surface area contributed by atoms with Gasteiger partial charge in [-0.3, -0.25) is 0 Å². The summed E-state index contributed by atoms with van der Waals surface area (Å²) in [5.74, 6) is 3.25. The van der Waals surface area contributed by atoms with Crippen molar-refractivity contribution in [3.63, 3.8) is 0 Å². The molecule has 9 aromatic heterocycles. The third-order valence-electron chi connectivity index (χ3n) is 28.3. The van der Waals surface area contributed by atoms with E-state index in [1.54, 1.807) is 11.3 Å². The smallest absolute Gasteiger partial charge is 0.164 e. The second-order valence-corrected chi connectivity index (χ2v) is 37.8. The van der Waals surface area contributed by atoms with E-state index < -0.39 is 0 Å². The first-order valence-electron chi connectivity index (χ1n) is 49.1. The molecule has 0 aliphatic rings. The van der Waals surface area contributed by atoms with E-state index in [1.807, 2.05) is 97.1 Å². The minimum absolute atomic E-state index is 0.623. The summed E-state index contributed by atoms with van der Waals surface area (Å²) in [5, 5.41) is 16.1. The molecule has 12 nitrogen and oxygen atoms in total. The number of nitrogens with zero attached hydrogens (tertiary/aromatic N) is 10. The van der Waals surface area contributed by atoms with Gasteiger partial charge in [0.15, 0.2) is 40.3 Å². The van der Waals surface area contributed by atoms with Crippen molar-refractivity contribution in [3.05, 3.63) is 497 Å². The first-order valence-corrected chi connectivity index (χ1v) is 49.9. The second kappa shape index (κ2) is 35.4. The fraction of sp³-hybridized carbons (Fsp3) is 0. The molecule has 0 saturated heterocycles. The quantitative estimate of drug-likeness (QED) is 0.131. The molecule has 21 aromatic carbocycles. The summed E-state index contributed by atoms with van der Waals surface area (Å²) in [5.41, 5.74) is 30.6. The molecule has 0 unspecified atom stereocenters.